The van der Waals surface area contributed by atoms with Crippen LogP contribution in [0.25, 0.3) is 23.5 Å². The molecule has 0 radical (unpaired) electrons. The second kappa shape index (κ2) is 6.33. The van der Waals surface area contributed by atoms with Gasteiger partial charge in [0.2, 0.25) is 0 Å². The lowest BCUT2D eigenvalue weighted by Crippen LogP contribution is -2.20. The topological polar surface area (TPSA) is 78.2 Å². The van der Waals surface area contributed by atoms with E-state index in [0.29, 0.717) is 17.0 Å². The molecular weight excluding hydrogens is 326 g/mol. The van der Waals surface area contributed by atoms with Gasteiger partial charge in [0.15, 0.2) is 5.65 Å². The number of benzene rings is 1. The SMILES string of the molecule is Cc1cn(-c2ccc(N)cc2)n2c(=O)cc(C=Cc3cccnc3)nc12. The molecule has 3 aromatic heterocycles. The van der Waals surface area contributed by atoms with Gasteiger partial charge < -0.3 is 5.73 Å². The van der Waals surface area contributed by atoms with Crippen LogP contribution in [-0.2, 0) is 0 Å². The van der Waals surface area contributed by atoms with Gasteiger partial charge in [0.25, 0.3) is 5.56 Å². The number of nitrogens with two attached hydrogens (primary N) is 1. The molecule has 1 aromatic carbocycles. The van der Waals surface area contributed by atoms with Crippen LogP contribution >= 0.6 is 0 Å². The summed E-state index contributed by atoms with van der Waals surface area (Å²) in [6.07, 6.45) is 9.07. The molecule has 0 aliphatic carbocycles. The first-order valence-corrected chi connectivity index (χ1v) is 8.18. The lowest BCUT2D eigenvalue weighted by molar-refractivity contribution is 0.763. The molecule has 2 N–H and O–H groups in total. The monoisotopic (exact) mass is 343 g/mol. The molecule has 0 amide bonds. The van der Waals surface area contributed by atoms with Gasteiger partial charge in [0.1, 0.15) is 0 Å². The third-order valence-electron chi connectivity index (χ3n) is 4.09. The van der Waals surface area contributed by atoms with E-state index < -0.39 is 0 Å². The highest BCUT2D eigenvalue weighted by molar-refractivity contribution is 5.68. The van der Waals surface area contributed by atoms with Crippen LogP contribution in [-0.4, -0.2) is 19.2 Å². The van der Waals surface area contributed by atoms with Crippen LogP contribution in [0.5, 0.6) is 0 Å². The molecule has 3 heterocycles. The Morgan fingerprint density at radius 1 is 1.12 bits per heavy atom. The van der Waals surface area contributed by atoms with E-state index in [2.05, 4.69) is 9.97 Å². The quantitative estimate of drug-likeness (QED) is 0.580. The summed E-state index contributed by atoms with van der Waals surface area (Å²) >= 11 is 0. The molecule has 4 rings (SSSR count). The number of anilines is 1. The number of nitrogen functional groups attached to an aromatic ring is 1. The van der Waals surface area contributed by atoms with Crippen molar-refractivity contribution >= 4 is 23.5 Å². The zero-order valence-electron chi connectivity index (χ0n) is 14.2. The molecule has 0 bridgehead atoms. The highest BCUT2D eigenvalue weighted by atomic mass is 16.1. The van der Waals surface area contributed by atoms with Crippen molar-refractivity contribution in [2.45, 2.75) is 6.92 Å². The first-order valence-electron chi connectivity index (χ1n) is 8.18. The van der Waals surface area contributed by atoms with Crippen molar-refractivity contribution in [2.75, 3.05) is 5.73 Å². The highest BCUT2D eigenvalue weighted by Crippen LogP contribution is 2.16. The minimum absolute atomic E-state index is 0.147. The Hall–Kier alpha value is -3.67. The number of pyridine rings is 1. The second-order valence-corrected chi connectivity index (χ2v) is 6.02. The highest BCUT2D eigenvalue weighted by Gasteiger charge is 2.11. The summed E-state index contributed by atoms with van der Waals surface area (Å²) in [5.41, 5.74) is 10.2. The molecule has 4 aromatic rings. The number of fused-ring (bicyclic) bond motifs is 1. The summed E-state index contributed by atoms with van der Waals surface area (Å²) in [7, 11) is 0. The van der Waals surface area contributed by atoms with E-state index in [1.54, 1.807) is 33.7 Å². The van der Waals surface area contributed by atoms with Gasteiger partial charge in [-0.15, -0.1) is 0 Å². The number of nitrogens with zero attached hydrogens (tertiary/aromatic N) is 4. The molecule has 0 fully saturated rings. The molecule has 0 saturated heterocycles. The van der Waals surface area contributed by atoms with Crippen LogP contribution < -0.4 is 11.3 Å². The molecule has 26 heavy (non-hydrogen) atoms. The predicted molar refractivity (Wildman–Crippen MR) is 103 cm³/mol. The van der Waals surface area contributed by atoms with Crippen molar-refractivity contribution in [1.82, 2.24) is 19.2 Å². The average Bonchev–Trinajstić information content (AvgIpc) is 2.99. The van der Waals surface area contributed by atoms with Crippen molar-refractivity contribution in [1.29, 1.82) is 0 Å². The molecular formula is C20H17N5O. The van der Waals surface area contributed by atoms with Gasteiger partial charge in [-0.05, 0) is 48.9 Å². The Balaban J connectivity index is 1.81. The maximum atomic E-state index is 12.7. The van der Waals surface area contributed by atoms with E-state index in [1.165, 1.54) is 6.07 Å². The summed E-state index contributed by atoms with van der Waals surface area (Å²) in [6.45, 7) is 1.93. The van der Waals surface area contributed by atoms with E-state index in [4.69, 9.17) is 5.73 Å². The normalized spacial score (nSPS) is 11.4. The largest absolute Gasteiger partial charge is 0.399 e. The van der Waals surface area contributed by atoms with E-state index in [9.17, 15) is 4.79 Å². The maximum absolute atomic E-state index is 12.7. The molecule has 0 spiro atoms. The fourth-order valence-electron chi connectivity index (χ4n) is 2.81. The molecule has 0 saturated carbocycles. The van der Waals surface area contributed by atoms with Crippen LogP contribution in [0.15, 0.2) is 65.8 Å². The van der Waals surface area contributed by atoms with Gasteiger partial charge in [-0.1, -0.05) is 12.1 Å². The van der Waals surface area contributed by atoms with Gasteiger partial charge in [-0.3, -0.25) is 14.5 Å². The van der Waals surface area contributed by atoms with Gasteiger partial charge in [-0.2, -0.15) is 4.52 Å². The Morgan fingerprint density at radius 2 is 1.92 bits per heavy atom. The number of hydrogen-bond donors (Lipinski definition) is 1. The second-order valence-electron chi connectivity index (χ2n) is 6.02. The first-order chi connectivity index (χ1) is 12.6. The van der Waals surface area contributed by atoms with Crippen LogP contribution in [0.4, 0.5) is 5.69 Å². The van der Waals surface area contributed by atoms with Crippen molar-refractivity contribution in [2.24, 2.45) is 0 Å². The molecule has 6 nitrogen and oxygen atoms in total. The van der Waals surface area contributed by atoms with E-state index in [-0.39, 0.29) is 5.56 Å². The molecule has 0 aliphatic heterocycles. The molecule has 0 atom stereocenters. The molecule has 128 valence electrons. The fourth-order valence-corrected chi connectivity index (χ4v) is 2.81. The Labute approximate surface area is 149 Å². The fraction of sp³-hybridized carbons (Fsp3) is 0.0500. The van der Waals surface area contributed by atoms with Crippen LogP contribution in [0, 0.1) is 6.92 Å². The van der Waals surface area contributed by atoms with Crippen molar-refractivity contribution < 1.29 is 0 Å². The number of aromatic nitrogens is 4. The number of hydrogen-bond acceptors (Lipinski definition) is 4. The van der Waals surface area contributed by atoms with E-state index >= 15 is 0 Å². The molecule has 6 heteroatoms. The third-order valence-corrected chi connectivity index (χ3v) is 4.09. The summed E-state index contributed by atoms with van der Waals surface area (Å²) in [5, 5.41) is 0. The Morgan fingerprint density at radius 3 is 2.65 bits per heavy atom. The standard InChI is InChI=1S/C20H17N5O/c1-14-13-24(18-8-5-16(21)6-9-18)25-19(26)11-17(23-20(14)25)7-4-15-3-2-10-22-12-15/h2-13H,21H2,1H3. The average molecular weight is 343 g/mol. The minimum Gasteiger partial charge on any atom is -0.399 e. The number of rotatable bonds is 3. The van der Waals surface area contributed by atoms with Gasteiger partial charge in [0, 0.05) is 35.9 Å². The van der Waals surface area contributed by atoms with Crippen molar-refractivity contribution in [3.63, 3.8) is 0 Å². The third kappa shape index (κ3) is 2.88. The summed E-state index contributed by atoms with van der Waals surface area (Å²) < 4.78 is 3.34. The van der Waals surface area contributed by atoms with Gasteiger partial charge in [-0.25, -0.2) is 4.98 Å². The Bertz CT molecular complexity index is 1150. The van der Waals surface area contributed by atoms with E-state index in [1.807, 2.05) is 49.5 Å². The summed E-state index contributed by atoms with van der Waals surface area (Å²) in [6, 6.07) is 12.7. The zero-order chi connectivity index (χ0) is 18.1. The smallest absolute Gasteiger partial charge is 0.273 e. The van der Waals surface area contributed by atoms with Gasteiger partial charge in [0.05, 0.1) is 11.4 Å². The first kappa shape index (κ1) is 15.8. The van der Waals surface area contributed by atoms with Crippen molar-refractivity contribution in [3.8, 4) is 5.69 Å². The van der Waals surface area contributed by atoms with Gasteiger partial charge >= 0.3 is 0 Å². The van der Waals surface area contributed by atoms with Crippen molar-refractivity contribution in [3.05, 3.63) is 88.2 Å². The molecule has 0 aliphatic rings. The zero-order valence-corrected chi connectivity index (χ0v) is 14.2. The molecule has 0 unspecified atom stereocenters. The minimum atomic E-state index is -0.147. The maximum Gasteiger partial charge on any atom is 0.273 e. The van der Waals surface area contributed by atoms with Crippen LogP contribution in [0.1, 0.15) is 16.8 Å². The predicted octanol–water partition coefficient (Wildman–Crippen LogP) is 2.94. The summed E-state index contributed by atoms with van der Waals surface area (Å²) in [4.78, 5) is 21.4. The lowest BCUT2D eigenvalue weighted by atomic mass is 10.2. The van der Waals surface area contributed by atoms with Crippen LogP contribution in [0.2, 0.25) is 0 Å². The van der Waals surface area contributed by atoms with Crippen LogP contribution in [0.3, 0.4) is 0 Å². The summed E-state index contributed by atoms with van der Waals surface area (Å²) in [5.74, 6) is 0. The lowest BCUT2D eigenvalue weighted by Gasteiger charge is -2.07. The Kier molecular flexibility index (Phi) is 3.85. The van der Waals surface area contributed by atoms with E-state index in [0.717, 1.165) is 16.8 Å². The number of aryl methyl sites for hydroxylation is 1.